The van der Waals surface area contributed by atoms with Gasteiger partial charge in [-0.25, -0.2) is 8.78 Å². The third-order valence-electron chi connectivity index (χ3n) is 5.07. The molecule has 0 unspecified atom stereocenters. The largest absolute Gasteiger partial charge is 0.418 e. The van der Waals surface area contributed by atoms with Crippen molar-refractivity contribution < 1.29 is 26.5 Å². The Balaban J connectivity index is 1.82. The lowest BCUT2D eigenvalue weighted by molar-refractivity contribution is -0.136. The minimum atomic E-state index is -4.72. The van der Waals surface area contributed by atoms with Crippen molar-refractivity contribution in [2.75, 3.05) is 0 Å². The predicted molar refractivity (Wildman–Crippen MR) is 109 cm³/mol. The van der Waals surface area contributed by atoms with E-state index in [4.69, 9.17) is 4.52 Å². The number of aromatic nitrogens is 3. The summed E-state index contributed by atoms with van der Waals surface area (Å²) in [5, 5.41) is 12.9. The zero-order valence-electron chi connectivity index (χ0n) is 17.5. The molecule has 0 radical (unpaired) electrons. The van der Waals surface area contributed by atoms with Crippen LogP contribution in [0.15, 0.2) is 40.9 Å². The highest BCUT2D eigenvalue weighted by atomic mass is 19.4. The molecule has 0 aliphatic rings. The maximum Gasteiger partial charge on any atom is 0.418 e. The molecule has 33 heavy (non-hydrogen) atoms. The zero-order valence-corrected chi connectivity index (χ0v) is 17.5. The number of rotatable bonds is 5. The van der Waals surface area contributed by atoms with Crippen LogP contribution in [0.5, 0.6) is 0 Å². The Labute approximate surface area is 185 Å². The summed E-state index contributed by atoms with van der Waals surface area (Å²) in [5.41, 5.74) is -0.540. The fourth-order valence-corrected chi connectivity index (χ4v) is 3.82. The number of fused-ring (bicyclic) bond motifs is 1. The molecular formula is C23H17F5N4O. The van der Waals surface area contributed by atoms with Crippen LogP contribution >= 0.6 is 0 Å². The molecule has 170 valence electrons. The summed E-state index contributed by atoms with van der Waals surface area (Å²) < 4.78 is 75.2. The third-order valence-corrected chi connectivity index (χ3v) is 5.07. The minimum absolute atomic E-state index is 0.0317. The molecule has 0 N–H and O–H groups in total. The Bertz CT molecular complexity index is 1360. The van der Waals surface area contributed by atoms with Crippen molar-refractivity contribution in [1.82, 2.24) is 14.7 Å². The lowest BCUT2D eigenvalue weighted by Gasteiger charge is -2.12. The van der Waals surface area contributed by atoms with Crippen molar-refractivity contribution in [1.29, 1.82) is 5.26 Å². The molecule has 0 fully saturated rings. The van der Waals surface area contributed by atoms with Gasteiger partial charge in [0.05, 0.1) is 23.7 Å². The highest BCUT2D eigenvalue weighted by Gasteiger charge is 2.36. The van der Waals surface area contributed by atoms with Crippen molar-refractivity contribution in [3.8, 4) is 17.5 Å². The molecule has 2 aromatic heterocycles. The van der Waals surface area contributed by atoms with Crippen molar-refractivity contribution in [2.45, 2.75) is 33.0 Å². The maximum absolute atomic E-state index is 13.8. The summed E-state index contributed by atoms with van der Waals surface area (Å²) in [6.07, 6.45) is -4.25. The number of alkyl halides is 3. The van der Waals surface area contributed by atoms with E-state index in [1.165, 1.54) is 12.1 Å². The SMILES string of the molecule is CC(C)Cc1cc2c(C(F)(F)F)c(C#N)ccc2n1Cc1noc(-c2cc(F)cc(F)c2)n1. The van der Waals surface area contributed by atoms with Gasteiger partial charge in [-0.2, -0.15) is 23.4 Å². The van der Waals surface area contributed by atoms with Gasteiger partial charge < -0.3 is 9.09 Å². The van der Waals surface area contributed by atoms with Crippen LogP contribution in [0.1, 0.15) is 36.5 Å². The summed E-state index contributed by atoms with van der Waals surface area (Å²) in [7, 11) is 0. The zero-order chi connectivity index (χ0) is 23.9. The van der Waals surface area contributed by atoms with Crippen LogP contribution in [0.4, 0.5) is 22.0 Å². The summed E-state index contributed by atoms with van der Waals surface area (Å²) in [6, 6.07) is 8.42. The van der Waals surface area contributed by atoms with Gasteiger partial charge in [-0.15, -0.1) is 0 Å². The van der Waals surface area contributed by atoms with Crippen molar-refractivity contribution in [3.63, 3.8) is 0 Å². The second-order valence-electron chi connectivity index (χ2n) is 8.02. The molecule has 0 aliphatic carbocycles. The van der Waals surface area contributed by atoms with Gasteiger partial charge in [0.2, 0.25) is 0 Å². The first-order valence-electron chi connectivity index (χ1n) is 9.98. The topological polar surface area (TPSA) is 67.6 Å². The fourth-order valence-electron chi connectivity index (χ4n) is 3.82. The van der Waals surface area contributed by atoms with Crippen LogP contribution in [0.2, 0.25) is 0 Å². The number of hydrogen-bond donors (Lipinski definition) is 0. The minimum Gasteiger partial charge on any atom is -0.337 e. The highest BCUT2D eigenvalue weighted by Crippen LogP contribution is 2.39. The fraction of sp³-hybridized carbons (Fsp3) is 0.261. The van der Waals surface area contributed by atoms with Gasteiger partial charge >= 0.3 is 6.18 Å². The van der Waals surface area contributed by atoms with Gasteiger partial charge in [0.25, 0.3) is 5.89 Å². The highest BCUT2D eigenvalue weighted by molar-refractivity contribution is 5.87. The first-order valence-corrected chi connectivity index (χ1v) is 9.98. The van der Waals surface area contributed by atoms with E-state index < -0.39 is 28.9 Å². The second kappa shape index (κ2) is 8.31. The van der Waals surface area contributed by atoms with Crippen LogP contribution in [-0.4, -0.2) is 14.7 Å². The molecule has 0 bridgehead atoms. The van der Waals surface area contributed by atoms with Crippen molar-refractivity contribution in [2.24, 2.45) is 5.92 Å². The van der Waals surface area contributed by atoms with Crippen LogP contribution in [0.3, 0.4) is 0 Å². The Kier molecular flexibility index (Phi) is 5.66. The Morgan fingerprint density at radius 1 is 1.09 bits per heavy atom. The molecule has 0 saturated carbocycles. The summed E-state index contributed by atoms with van der Waals surface area (Å²) in [6.45, 7) is 3.83. The molecule has 4 rings (SSSR count). The number of benzene rings is 2. The molecule has 2 aromatic carbocycles. The molecule has 0 aliphatic heterocycles. The smallest absolute Gasteiger partial charge is 0.337 e. The van der Waals surface area contributed by atoms with Crippen LogP contribution in [0.25, 0.3) is 22.4 Å². The number of hydrogen-bond acceptors (Lipinski definition) is 4. The van der Waals surface area contributed by atoms with Gasteiger partial charge in [0.15, 0.2) is 5.82 Å². The Morgan fingerprint density at radius 2 is 1.79 bits per heavy atom. The van der Waals surface area contributed by atoms with Crippen LogP contribution < -0.4 is 0 Å². The van der Waals surface area contributed by atoms with E-state index in [1.54, 1.807) is 10.6 Å². The lowest BCUT2D eigenvalue weighted by atomic mass is 10.0. The molecular weight excluding hydrogens is 443 g/mol. The molecule has 0 spiro atoms. The molecule has 4 aromatic rings. The van der Waals surface area contributed by atoms with E-state index in [9.17, 15) is 27.2 Å². The van der Waals surface area contributed by atoms with E-state index >= 15 is 0 Å². The summed E-state index contributed by atoms with van der Waals surface area (Å²) in [5.74, 6) is -1.49. The van der Waals surface area contributed by atoms with Crippen LogP contribution in [0, 0.1) is 28.9 Å². The average molecular weight is 460 g/mol. The first kappa shape index (κ1) is 22.5. The number of nitrogens with zero attached hydrogens (tertiary/aromatic N) is 4. The van der Waals surface area contributed by atoms with Crippen molar-refractivity contribution in [3.05, 3.63) is 70.7 Å². The lowest BCUT2D eigenvalue weighted by Crippen LogP contribution is -2.10. The molecule has 0 saturated heterocycles. The summed E-state index contributed by atoms with van der Waals surface area (Å²) >= 11 is 0. The quantitative estimate of drug-likeness (QED) is 0.337. The third kappa shape index (κ3) is 4.44. The molecule has 5 nitrogen and oxygen atoms in total. The van der Waals surface area contributed by atoms with Gasteiger partial charge in [-0.05, 0) is 42.7 Å². The average Bonchev–Trinajstić information content (AvgIpc) is 3.30. The number of halogens is 5. The van der Waals surface area contributed by atoms with E-state index in [2.05, 4.69) is 10.1 Å². The van der Waals surface area contributed by atoms with Gasteiger partial charge in [-0.3, -0.25) is 0 Å². The van der Waals surface area contributed by atoms with E-state index in [0.29, 0.717) is 18.2 Å². The standard InChI is InChI=1S/C23H17F5N4O/c1-12(2)5-17-9-18-19(4-3-13(10-29)21(18)23(26,27)28)32(17)11-20-30-22(33-31-20)14-6-15(24)8-16(25)7-14/h3-4,6-9,12H,5,11H2,1-2H3. The van der Waals surface area contributed by atoms with Gasteiger partial charge in [0.1, 0.15) is 11.6 Å². The van der Waals surface area contributed by atoms with Gasteiger partial charge in [-0.1, -0.05) is 19.0 Å². The molecule has 0 amide bonds. The molecule has 2 heterocycles. The monoisotopic (exact) mass is 460 g/mol. The first-order chi connectivity index (χ1) is 15.6. The normalized spacial score (nSPS) is 12.0. The van der Waals surface area contributed by atoms with E-state index in [-0.39, 0.29) is 40.6 Å². The second-order valence-corrected chi connectivity index (χ2v) is 8.02. The van der Waals surface area contributed by atoms with E-state index in [1.807, 2.05) is 13.8 Å². The Hall–Kier alpha value is -3.74. The summed E-state index contributed by atoms with van der Waals surface area (Å²) in [4.78, 5) is 4.16. The number of nitriles is 1. The molecule has 0 atom stereocenters. The maximum atomic E-state index is 13.8. The Morgan fingerprint density at radius 3 is 2.39 bits per heavy atom. The molecule has 10 heteroatoms. The van der Waals surface area contributed by atoms with Gasteiger partial charge in [0, 0.05) is 28.2 Å². The van der Waals surface area contributed by atoms with Crippen LogP contribution in [-0.2, 0) is 19.1 Å². The van der Waals surface area contributed by atoms with E-state index in [0.717, 1.165) is 18.2 Å². The van der Waals surface area contributed by atoms with Crippen molar-refractivity contribution >= 4 is 10.9 Å². The predicted octanol–water partition coefficient (Wildman–Crippen LogP) is 6.11.